The van der Waals surface area contributed by atoms with Crippen LogP contribution < -0.4 is 5.32 Å². The number of hydrogen-bond acceptors (Lipinski definition) is 4. The van der Waals surface area contributed by atoms with Crippen molar-refractivity contribution in [3.8, 4) is 0 Å². The van der Waals surface area contributed by atoms with Gasteiger partial charge in [0.25, 0.3) is 5.69 Å². The molecule has 0 saturated heterocycles. The molecule has 0 unspecified atom stereocenters. The third-order valence-corrected chi connectivity index (χ3v) is 2.62. The Morgan fingerprint density at radius 3 is 2.78 bits per heavy atom. The Hall–Kier alpha value is -1.89. The molecule has 1 aromatic heterocycles. The largest absolute Gasteiger partial charge is 0.452 e. The second kappa shape index (κ2) is 5.18. The van der Waals surface area contributed by atoms with Crippen molar-refractivity contribution in [3.05, 3.63) is 56.7 Å². The molecule has 0 bridgehead atoms. The Bertz CT molecular complexity index is 585. The standard InChI is InChI=1S/C11H8BrFN2O3/c12-11-2-1-10(18-11)6-14-8-3-7(13)4-9(5-8)15(16)17/h1-5,14H,6H2. The van der Waals surface area contributed by atoms with Crippen molar-refractivity contribution in [2.24, 2.45) is 0 Å². The van der Waals surface area contributed by atoms with E-state index in [1.807, 2.05) is 0 Å². The zero-order valence-electron chi connectivity index (χ0n) is 9.02. The first-order valence-electron chi connectivity index (χ1n) is 4.97. The normalized spacial score (nSPS) is 10.3. The highest BCUT2D eigenvalue weighted by atomic mass is 79.9. The Kier molecular flexibility index (Phi) is 3.61. The number of hydrogen-bond donors (Lipinski definition) is 1. The highest BCUT2D eigenvalue weighted by Gasteiger charge is 2.10. The highest BCUT2D eigenvalue weighted by molar-refractivity contribution is 9.10. The topological polar surface area (TPSA) is 68.3 Å². The van der Waals surface area contributed by atoms with Gasteiger partial charge in [0.2, 0.25) is 0 Å². The van der Waals surface area contributed by atoms with Crippen molar-refractivity contribution in [3.63, 3.8) is 0 Å². The molecule has 1 heterocycles. The van der Waals surface area contributed by atoms with Gasteiger partial charge in [-0.25, -0.2) is 4.39 Å². The molecule has 0 aliphatic rings. The Balaban J connectivity index is 2.11. The Morgan fingerprint density at radius 2 is 2.17 bits per heavy atom. The summed E-state index contributed by atoms with van der Waals surface area (Å²) < 4.78 is 19.0. The summed E-state index contributed by atoms with van der Waals surface area (Å²) in [4.78, 5) is 9.93. The molecule has 2 rings (SSSR count). The average Bonchev–Trinajstić information content (AvgIpc) is 2.72. The van der Waals surface area contributed by atoms with Gasteiger partial charge in [0, 0.05) is 11.8 Å². The van der Waals surface area contributed by atoms with E-state index in [2.05, 4.69) is 21.2 Å². The van der Waals surface area contributed by atoms with Crippen molar-refractivity contribution in [1.82, 2.24) is 0 Å². The van der Waals surface area contributed by atoms with E-state index in [9.17, 15) is 14.5 Å². The highest BCUT2D eigenvalue weighted by Crippen LogP contribution is 2.21. The molecule has 2 aromatic rings. The molecule has 0 amide bonds. The van der Waals surface area contributed by atoms with Gasteiger partial charge in [-0.3, -0.25) is 10.1 Å². The molecule has 0 spiro atoms. The SMILES string of the molecule is O=[N+]([O-])c1cc(F)cc(NCc2ccc(Br)o2)c1. The maximum Gasteiger partial charge on any atom is 0.274 e. The van der Waals surface area contributed by atoms with Gasteiger partial charge < -0.3 is 9.73 Å². The summed E-state index contributed by atoms with van der Waals surface area (Å²) in [5.74, 6) is -0.0267. The summed E-state index contributed by atoms with van der Waals surface area (Å²) in [7, 11) is 0. The number of anilines is 1. The monoisotopic (exact) mass is 314 g/mol. The van der Waals surface area contributed by atoms with E-state index in [1.165, 1.54) is 12.1 Å². The Morgan fingerprint density at radius 1 is 1.39 bits per heavy atom. The fourth-order valence-electron chi connectivity index (χ4n) is 1.42. The van der Waals surface area contributed by atoms with Crippen molar-refractivity contribution in [2.45, 2.75) is 6.54 Å². The van der Waals surface area contributed by atoms with Crippen LogP contribution in [-0.4, -0.2) is 4.92 Å². The van der Waals surface area contributed by atoms with Crippen molar-refractivity contribution in [2.75, 3.05) is 5.32 Å². The molecule has 0 saturated carbocycles. The van der Waals surface area contributed by atoms with Gasteiger partial charge in [-0.05, 0) is 34.1 Å². The smallest absolute Gasteiger partial charge is 0.274 e. The zero-order valence-corrected chi connectivity index (χ0v) is 10.6. The summed E-state index contributed by atoms with van der Waals surface area (Å²) in [6.07, 6.45) is 0. The molecule has 94 valence electrons. The summed E-state index contributed by atoms with van der Waals surface area (Å²) in [6, 6.07) is 6.79. The molecular formula is C11H8BrFN2O3. The van der Waals surface area contributed by atoms with Gasteiger partial charge in [0.05, 0.1) is 17.5 Å². The first-order valence-corrected chi connectivity index (χ1v) is 5.77. The van der Waals surface area contributed by atoms with Crippen LogP contribution in [0.1, 0.15) is 5.76 Å². The van der Waals surface area contributed by atoms with E-state index in [-0.39, 0.29) is 5.69 Å². The van der Waals surface area contributed by atoms with Gasteiger partial charge in [-0.2, -0.15) is 0 Å². The van der Waals surface area contributed by atoms with Crippen LogP contribution in [0.3, 0.4) is 0 Å². The number of nitro benzene ring substituents is 1. The first-order chi connectivity index (χ1) is 8.54. The Labute approximate surface area is 110 Å². The third kappa shape index (κ3) is 3.07. The molecule has 0 aliphatic carbocycles. The lowest BCUT2D eigenvalue weighted by molar-refractivity contribution is -0.385. The predicted octanol–water partition coefficient (Wildman–Crippen LogP) is 3.70. The average molecular weight is 315 g/mol. The first kappa shape index (κ1) is 12.6. The van der Waals surface area contributed by atoms with E-state index in [0.29, 0.717) is 22.7 Å². The van der Waals surface area contributed by atoms with Crippen LogP contribution in [0.25, 0.3) is 0 Å². The van der Waals surface area contributed by atoms with Gasteiger partial charge in [0.1, 0.15) is 11.6 Å². The van der Waals surface area contributed by atoms with Gasteiger partial charge in [-0.15, -0.1) is 0 Å². The summed E-state index contributed by atoms with van der Waals surface area (Å²) >= 11 is 3.16. The third-order valence-electron chi connectivity index (χ3n) is 2.19. The predicted molar refractivity (Wildman–Crippen MR) is 66.8 cm³/mol. The van der Waals surface area contributed by atoms with Crippen molar-refractivity contribution in [1.29, 1.82) is 0 Å². The number of nitrogens with zero attached hydrogens (tertiary/aromatic N) is 1. The zero-order chi connectivity index (χ0) is 13.1. The van der Waals surface area contributed by atoms with Crippen molar-refractivity contribution >= 4 is 27.3 Å². The molecule has 0 fully saturated rings. The van der Waals surface area contributed by atoms with Gasteiger partial charge >= 0.3 is 0 Å². The lowest BCUT2D eigenvalue weighted by Gasteiger charge is -2.04. The van der Waals surface area contributed by atoms with Crippen LogP contribution in [0.2, 0.25) is 0 Å². The second-order valence-corrected chi connectivity index (χ2v) is 4.30. The van der Waals surface area contributed by atoms with E-state index in [0.717, 1.165) is 6.07 Å². The van der Waals surface area contributed by atoms with Crippen LogP contribution in [0.4, 0.5) is 15.8 Å². The lowest BCUT2D eigenvalue weighted by atomic mass is 10.2. The lowest BCUT2D eigenvalue weighted by Crippen LogP contribution is -1.99. The number of nitrogens with one attached hydrogen (secondary N) is 1. The number of non-ortho nitro benzene ring substituents is 1. The minimum Gasteiger partial charge on any atom is -0.452 e. The molecule has 1 aromatic carbocycles. The number of furan rings is 1. The van der Waals surface area contributed by atoms with E-state index in [1.54, 1.807) is 12.1 Å². The summed E-state index contributed by atoms with van der Waals surface area (Å²) in [6.45, 7) is 0.312. The minimum absolute atomic E-state index is 0.293. The maximum atomic E-state index is 13.1. The molecular weight excluding hydrogens is 307 g/mol. The van der Waals surface area contributed by atoms with Crippen LogP contribution in [0, 0.1) is 15.9 Å². The van der Waals surface area contributed by atoms with E-state index < -0.39 is 10.7 Å². The molecule has 18 heavy (non-hydrogen) atoms. The van der Waals surface area contributed by atoms with Gasteiger partial charge in [0.15, 0.2) is 4.67 Å². The van der Waals surface area contributed by atoms with E-state index in [4.69, 9.17) is 4.42 Å². The number of rotatable bonds is 4. The van der Waals surface area contributed by atoms with Crippen molar-refractivity contribution < 1.29 is 13.7 Å². The van der Waals surface area contributed by atoms with Crippen LogP contribution in [0.15, 0.2) is 39.4 Å². The summed E-state index contributed by atoms with van der Waals surface area (Å²) in [5.41, 5.74) is 0.0346. The molecule has 0 aliphatic heterocycles. The molecule has 0 atom stereocenters. The van der Waals surface area contributed by atoms with Crippen LogP contribution in [0.5, 0.6) is 0 Å². The number of halogens is 2. The fourth-order valence-corrected chi connectivity index (χ4v) is 1.76. The van der Waals surface area contributed by atoms with Crippen LogP contribution >= 0.6 is 15.9 Å². The van der Waals surface area contributed by atoms with Crippen LogP contribution in [-0.2, 0) is 6.54 Å². The molecule has 0 radical (unpaired) electrons. The molecule has 5 nitrogen and oxygen atoms in total. The number of benzene rings is 1. The number of nitro groups is 1. The maximum absolute atomic E-state index is 13.1. The van der Waals surface area contributed by atoms with Gasteiger partial charge in [-0.1, -0.05) is 0 Å². The fraction of sp³-hybridized carbons (Fsp3) is 0.0909. The van der Waals surface area contributed by atoms with E-state index >= 15 is 0 Å². The molecule has 7 heteroatoms. The molecule has 1 N–H and O–H groups in total. The quantitative estimate of drug-likeness (QED) is 0.690. The minimum atomic E-state index is -0.660. The summed E-state index contributed by atoms with van der Waals surface area (Å²) in [5, 5.41) is 13.4. The second-order valence-electron chi connectivity index (χ2n) is 3.51.